The first-order chi connectivity index (χ1) is 6.31. The van der Waals surface area contributed by atoms with Crippen molar-refractivity contribution >= 4 is 0 Å². The fourth-order valence-electron chi connectivity index (χ4n) is 2.73. The lowest BCUT2D eigenvalue weighted by molar-refractivity contribution is -0.00385. The average Bonchev–Trinajstić information content (AvgIpc) is 2.31. The van der Waals surface area contributed by atoms with Gasteiger partial charge in [0, 0.05) is 11.6 Å². The van der Waals surface area contributed by atoms with E-state index < -0.39 is 0 Å². The maximum atomic E-state index is 5.67. The number of hydrogen-bond acceptors (Lipinski definition) is 2. The molecule has 2 nitrogen and oxygen atoms in total. The zero-order valence-electron chi connectivity index (χ0n) is 8.64. The molecule has 2 fully saturated rings. The minimum atomic E-state index is 0.341. The molecule has 0 amide bonds. The molecular weight excluding hydrogens is 162 g/mol. The molecule has 1 saturated heterocycles. The minimum Gasteiger partial charge on any atom is -0.378 e. The fourth-order valence-corrected chi connectivity index (χ4v) is 2.73. The number of ether oxygens (including phenoxy) is 1. The first-order valence-corrected chi connectivity index (χ1v) is 5.66. The molecule has 1 heterocycles. The number of nitrogens with one attached hydrogen (secondary N) is 1. The smallest absolute Gasteiger partial charge is 0.0649 e. The first kappa shape index (κ1) is 9.47. The third-order valence-corrected chi connectivity index (χ3v) is 3.36. The molecule has 1 unspecified atom stereocenters. The van der Waals surface area contributed by atoms with Crippen molar-refractivity contribution in [2.45, 2.75) is 57.0 Å². The molecular formula is C11H21NO. The third kappa shape index (κ3) is 2.23. The van der Waals surface area contributed by atoms with Gasteiger partial charge in [0.05, 0.1) is 13.2 Å². The summed E-state index contributed by atoms with van der Waals surface area (Å²) in [6.07, 6.45) is 8.22. The Kier molecular flexibility index (Phi) is 2.89. The van der Waals surface area contributed by atoms with Crippen LogP contribution in [0.5, 0.6) is 0 Å². The Balaban J connectivity index is 1.99. The molecule has 0 aromatic carbocycles. The maximum absolute atomic E-state index is 5.67. The predicted octanol–water partition coefficient (Wildman–Crippen LogP) is 2.09. The van der Waals surface area contributed by atoms with Gasteiger partial charge in [0.25, 0.3) is 0 Å². The highest BCUT2D eigenvalue weighted by atomic mass is 16.5. The predicted molar refractivity (Wildman–Crippen MR) is 53.8 cm³/mol. The highest BCUT2D eigenvalue weighted by Crippen LogP contribution is 2.29. The first-order valence-electron chi connectivity index (χ1n) is 5.66. The van der Waals surface area contributed by atoms with Crippen LogP contribution in [0.4, 0.5) is 0 Å². The molecule has 1 N–H and O–H groups in total. The normalized spacial score (nSPS) is 34.4. The molecule has 1 saturated carbocycles. The summed E-state index contributed by atoms with van der Waals surface area (Å²) < 4.78 is 5.67. The molecule has 0 aromatic heterocycles. The molecule has 2 rings (SSSR count). The van der Waals surface area contributed by atoms with Crippen LogP contribution in [-0.2, 0) is 4.74 Å². The molecule has 1 atom stereocenters. The van der Waals surface area contributed by atoms with Crippen molar-refractivity contribution in [3.8, 4) is 0 Å². The molecule has 0 aromatic rings. The topological polar surface area (TPSA) is 21.3 Å². The molecule has 1 spiro atoms. The summed E-state index contributed by atoms with van der Waals surface area (Å²) in [5, 5.41) is 3.75. The molecule has 0 radical (unpaired) electrons. The lowest BCUT2D eigenvalue weighted by Crippen LogP contribution is -2.57. The molecule has 2 aliphatic rings. The Morgan fingerprint density at radius 1 is 1.15 bits per heavy atom. The minimum absolute atomic E-state index is 0.341. The standard InChI is InChI=1S/C11H21NO/c1-10-8-13-9-11(12-10)6-4-2-3-5-7-11/h10,12H,2-9H2,1H3. The summed E-state index contributed by atoms with van der Waals surface area (Å²) in [7, 11) is 0. The van der Waals surface area contributed by atoms with Crippen molar-refractivity contribution in [2.24, 2.45) is 0 Å². The highest BCUT2D eigenvalue weighted by molar-refractivity contribution is 4.93. The molecule has 2 heteroatoms. The van der Waals surface area contributed by atoms with Crippen LogP contribution in [0.15, 0.2) is 0 Å². The van der Waals surface area contributed by atoms with Gasteiger partial charge in [0.2, 0.25) is 0 Å². The maximum Gasteiger partial charge on any atom is 0.0649 e. The van der Waals surface area contributed by atoms with Crippen LogP contribution in [-0.4, -0.2) is 24.8 Å². The summed E-state index contributed by atoms with van der Waals surface area (Å²) in [6, 6.07) is 0.548. The van der Waals surface area contributed by atoms with Crippen LogP contribution in [0, 0.1) is 0 Å². The van der Waals surface area contributed by atoms with Gasteiger partial charge < -0.3 is 10.1 Å². The summed E-state index contributed by atoms with van der Waals surface area (Å²) in [4.78, 5) is 0. The largest absolute Gasteiger partial charge is 0.378 e. The van der Waals surface area contributed by atoms with E-state index in [0.717, 1.165) is 13.2 Å². The highest BCUT2D eigenvalue weighted by Gasteiger charge is 2.34. The summed E-state index contributed by atoms with van der Waals surface area (Å²) in [5.41, 5.74) is 0.341. The Bertz CT molecular complexity index is 161. The van der Waals surface area contributed by atoms with Gasteiger partial charge >= 0.3 is 0 Å². The Morgan fingerprint density at radius 3 is 2.46 bits per heavy atom. The number of morpholine rings is 1. The van der Waals surface area contributed by atoms with E-state index in [0.29, 0.717) is 11.6 Å². The Labute approximate surface area is 81.0 Å². The number of hydrogen-bond donors (Lipinski definition) is 1. The van der Waals surface area contributed by atoms with Crippen LogP contribution in [0.2, 0.25) is 0 Å². The second-order valence-corrected chi connectivity index (χ2v) is 4.76. The van der Waals surface area contributed by atoms with Crippen LogP contribution in [0.1, 0.15) is 45.4 Å². The Hall–Kier alpha value is -0.0800. The summed E-state index contributed by atoms with van der Waals surface area (Å²) in [5.74, 6) is 0. The molecule has 13 heavy (non-hydrogen) atoms. The van der Waals surface area contributed by atoms with Crippen molar-refractivity contribution in [1.82, 2.24) is 5.32 Å². The van der Waals surface area contributed by atoms with Crippen molar-refractivity contribution < 1.29 is 4.74 Å². The SMILES string of the molecule is CC1COCC2(CCCCCC2)N1. The van der Waals surface area contributed by atoms with Crippen molar-refractivity contribution in [3.05, 3.63) is 0 Å². The zero-order chi connectivity index (χ0) is 9.15. The molecule has 76 valence electrons. The summed E-state index contributed by atoms with van der Waals surface area (Å²) >= 11 is 0. The number of rotatable bonds is 0. The van der Waals surface area contributed by atoms with Gasteiger partial charge in [-0.3, -0.25) is 0 Å². The zero-order valence-corrected chi connectivity index (χ0v) is 8.64. The average molecular weight is 183 g/mol. The van der Waals surface area contributed by atoms with E-state index in [1.807, 2.05) is 0 Å². The van der Waals surface area contributed by atoms with E-state index in [-0.39, 0.29) is 0 Å². The van der Waals surface area contributed by atoms with Gasteiger partial charge in [-0.1, -0.05) is 25.7 Å². The summed E-state index contributed by atoms with van der Waals surface area (Å²) in [6.45, 7) is 4.06. The van der Waals surface area contributed by atoms with Gasteiger partial charge in [-0.15, -0.1) is 0 Å². The third-order valence-electron chi connectivity index (χ3n) is 3.36. The van der Waals surface area contributed by atoms with Crippen molar-refractivity contribution in [2.75, 3.05) is 13.2 Å². The van der Waals surface area contributed by atoms with Crippen LogP contribution >= 0.6 is 0 Å². The molecule has 0 bridgehead atoms. The quantitative estimate of drug-likeness (QED) is 0.621. The van der Waals surface area contributed by atoms with Crippen molar-refractivity contribution in [3.63, 3.8) is 0 Å². The van der Waals surface area contributed by atoms with Gasteiger partial charge in [0.15, 0.2) is 0 Å². The van der Waals surface area contributed by atoms with Gasteiger partial charge in [-0.2, -0.15) is 0 Å². The van der Waals surface area contributed by atoms with Crippen molar-refractivity contribution in [1.29, 1.82) is 0 Å². The van der Waals surface area contributed by atoms with Crippen LogP contribution < -0.4 is 5.32 Å². The fraction of sp³-hybridized carbons (Fsp3) is 1.00. The van der Waals surface area contributed by atoms with E-state index in [4.69, 9.17) is 4.74 Å². The lowest BCUT2D eigenvalue weighted by atomic mass is 9.89. The second-order valence-electron chi connectivity index (χ2n) is 4.76. The van der Waals surface area contributed by atoms with Crippen LogP contribution in [0.25, 0.3) is 0 Å². The monoisotopic (exact) mass is 183 g/mol. The Morgan fingerprint density at radius 2 is 1.85 bits per heavy atom. The molecule has 1 aliphatic heterocycles. The second kappa shape index (κ2) is 3.97. The van der Waals surface area contributed by atoms with E-state index in [2.05, 4.69) is 12.2 Å². The van der Waals surface area contributed by atoms with E-state index >= 15 is 0 Å². The van der Waals surface area contributed by atoms with Gasteiger partial charge in [0.1, 0.15) is 0 Å². The lowest BCUT2D eigenvalue weighted by Gasteiger charge is -2.41. The van der Waals surface area contributed by atoms with E-state index in [1.165, 1.54) is 38.5 Å². The van der Waals surface area contributed by atoms with E-state index in [9.17, 15) is 0 Å². The van der Waals surface area contributed by atoms with Gasteiger partial charge in [-0.25, -0.2) is 0 Å². The van der Waals surface area contributed by atoms with Crippen LogP contribution in [0.3, 0.4) is 0 Å². The van der Waals surface area contributed by atoms with Gasteiger partial charge in [-0.05, 0) is 19.8 Å². The molecule has 1 aliphatic carbocycles. The van der Waals surface area contributed by atoms with E-state index in [1.54, 1.807) is 0 Å².